The molecule has 1 rings (SSSR count). The van der Waals surface area contributed by atoms with E-state index in [1.807, 2.05) is 0 Å². The molecule has 0 spiro atoms. The van der Waals surface area contributed by atoms with Crippen molar-refractivity contribution < 1.29 is 5.11 Å². The van der Waals surface area contributed by atoms with Crippen LogP contribution in [-0.4, -0.2) is 30.3 Å². The third kappa shape index (κ3) is 2.22. The number of aliphatic hydroxyl groups is 1. The molecule has 0 aromatic rings. The Morgan fingerprint density at radius 1 is 1.38 bits per heavy atom. The first-order valence-corrected chi connectivity index (χ1v) is 5.15. The van der Waals surface area contributed by atoms with Crippen molar-refractivity contribution >= 4 is 0 Å². The third-order valence-corrected chi connectivity index (χ3v) is 3.43. The number of hydrogen-bond acceptors (Lipinski definition) is 3. The van der Waals surface area contributed by atoms with Crippen molar-refractivity contribution in [3.63, 3.8) is 0 Å². The number of rotatable bonds is 2. The van der Waals surface area contributed by atoms with Crippen LogP contribution in [0.3, 0.4) is 0 Å². The highest BCUT2D eigenvalue weighted by atomic mass is 16.3. The molecule has 0 amide bonds. The van der Waals surface area contributed by atoms with Crippen molar-refractivity contribution in [3.8, 4) is 0 Å². The predicted octanol–water partition coefficient (Wildman–Crippen LogP) is 0.476. The Balaban J connectivity index is 2.71. The highest BCUT2D eigenvalue weighted by Crippen LogP contribution is 2.37. The van der Waals surface area contributed by atoms with E-state index < -0.39 is 5.60 Å². The van der Waals surface area contributed by atoms with Crippen LogP contribution in [0.5, 0.6) is 0 Å². The molecule has 0 saturated carbocycles. The highest BCUT2D eigenvalue weighted by molar-refractivity contribution is 4.95. The van der Waals surface area contributed by atoms with E-state index in [4.69, 9.17) is 5.73 Å². The van der Waals surface area contributed by atoms with Crippen LogP contribution in [0.15, 0.2) is 0 Å². The van der Waals surface area contributed by atoms with Gasteiger partial charge in [0.05, 0.1) is 5.60 Å². The van der Waals surface area contributed by atoms with Crippen molar-refractivity contribution in [1.29, 1.82) is 0 Å². The quantitative estimate of drug-likeness (QED) is 0.588. The maximum Gasteiger partial charge on any atom is 0.0723 e. The molecule has 1 saturated heterocycles. The zero-order chi connectivity index (χ0) is 9.95. The summed E-state index contributed by atoms with van der Waals surface area (Å²) in [7, 11) is 0. The molecule has 0 radical (unpaired) electrons. The van der Waals surface area contributed by atoms with Gasteiger partial charge in [0.25, 0.3) is 0 Å². The number of nitrogens with one attached hydrogen (secondary N) is 1. The van der Waals surface area contributed by atoms with E-state index >= 15 is 0 Å². The summed E-state index contributed by atoms with van der Waals surface area (Å²) in [5, 5.41) is 13.8. The van der Waals surface area contributed by atoms with Crippen molar-refractivity contribution in [2.24, 2.45) is 11.1 Å². The molecule has 1 unspecified atom stereocenters. The molecule has 0 aromatic carbocycles. The molecule has 1 fully saturated rings. The minimum absolute atomic E-state index is 0.168. The Morgan fingerprint density at radius 3 is 2.69 bits per heavy atom. The Labute approximate surface area is 80.7 Å². The Kier molecular flexibility index (Phi) is 3.33. The summed E-state index contributed by atoms with van der Waals surface area (Å²) in [5.74, 6) is 0. The van der Waals surface area contributed by atoms with Crippen LogP contribution >= 0.6 is 0 Å². The third-order valence-electron chi connectivity index (χ3n) is 3.43. The second-order valence-electron chi connectivity index (χ2n) is 4.72. The zero-order valence-corrected chi connectivity index (χ0v) is 8.77. The summed E-state index contributed by atoms with van der Waals surface area (Å²) in [5.41, 5.74) is 4.95. The lowest BCUT2D eigenvalue weighted by Gasteiger charge is -2.41. The molecule has 0 bridgehead atoms. The molecule has 1 aliphatic rings. The van der Waals surface area contributed by atoms with E-state index in [-0.39, 0.29) is 5.41 Å². The van der Waals surface area contributed by atoms with Gasteiger partial charge >= 0.3 is 0 Å². The first kappa shape index (κ1) is 11.0. The van der Waals surface area contributed by atoms with Crippen molar-refractivity contribution in [1.82, 2.24) is 5.32 Å². The minimum atomic E-state index is -0.578. The first-order chi connectivity index (χ1) is 6.02. The van der Waals surface area contributed by atoms with Crippen LogP contribution < -0.4 is 11.1 Å². The summed E-state index contributed by atoms with van der Waals surface area (Å²) in [6.45, 7) is 6.57. The fourth-order valence-electron chi connectivity index (χ4n) is 1.92. The molecule has 1 heterocycles. The standard InChI is InChI=1S/C10H22N2O/c1-9(2,8-11)10(13)4-3-6-12-7-5-10/h12-13H,3-8,11H2,1-2H3. The molecule has 78 valence electrons. The SMILES string of the molecule is CC(C)(CN)C1(O)CCCNCC1. The van der Waals surface area contributed by atoms with E-state index in [1.54, 1.807) is 0 Å². The van der Waals surface area contributed by atoms with Gasteiger partial charge in [0.2, 0.25) is 0 Å². The van der Waals surface area contributed by atoms with Gasteiger partial charge in [-0.05, 0) is 32.4 Å². The second-order valence-corrected chi connectivity index (χ2v) is 4.72. The largest absolute Gasteiger partial charge is 0.389 e. The zero-order valence-electron chi connectivity index (χ0n) is 8.77. The van der Waals surface area contributed by atoms with Gasteiger partial charge in [0.15, 0.2) is 0 Å². The fraction of sp³-hybridized carbons (Fsp3) is 1.00. The van der Waals surface area contributed by atoms with Crippen molar-refractivity contribution in [3.05, 3.63) is 0 Å². The Morgan fingerprint density at radius 2 is 2.08 bits per heavy atom. The first-order valence-electron chi connectivity index (χ1n) is 5.15. The molecule has 0 aromatic heterocycles. The maximum atomic E-state index is 10.5. The normalized spacial score (nSPS) is 31.4. The van der Waals surface area contributed by atoms with E-state index in [9.17, 15) is 5.11 Å². The lowest BCUT2D eigenvalue weighted by Crippen LogP contribution is -2.49. The fourth-order valence-corrected chi connectivity index (χ4v) is 1.92. The second kappa shape index (κ2) is 3.95. The van der Waals surface area contributed by atoms with Crippen LogP contribution in [0.2, 0.25) is 0 Å². The lowest BCUT2D eigenvalue weighted by molar-refractivity contribution is -0.0713. The summed E-state index contributed by atoms with van der Waals surface area (Å²) >= 11 is 0. The van der Waals surface area contributed by atoms with Gasteiger partial charge in [-0.25, -0.2) is 0 Å². The van der Waals surface area contributed by atoms with Gasteiger partial charge in [-0.2, -0.15) is 0 Å². The van der Waals surface area contributed by atoms with Gasteiger partial charge in [0.1, 0.15) is 0 Å². The molecule has 3 heteroatoms. The van der Waals surface area contributed by atoms with E-state index in [2.05, 4.69) is 19.2 Å². The van der Waals surface area contributed by atoms with Crippen molar-refractivity contribution in [2.45, 2.75) is 38.7 Å². The van der Waals surface area contributed by atoms with Gasteiger partial charge in [-0.1, -0.05) is 13.8 Å². The van der Waals surface area contributed by atoms with E-state index in [0.29, 0.717) is 6.54 Å². The molecule has 1 aliphatic heterocycles. The molecule has 4 N–H and O–H groups in total. The molecule has 13 heavy (non-hydrogen) atoms. The van der Waals surface area contributed by atoms with Gasteiger partial charge in [-0.3, -0.25) is 0 Å². The van der Waals surface area contributed by atoms with Gasteiger partial charge in [0, 0.05) is 12.0 Å². The topological polar surface area (TPSA) is 58.3 Å². The average Bonchev–Trinajstić information content (AvgIpc) is 2.31. The van der Waals surface area contributed by atoms with Crippen LogP contribution in [-0.2, 0) is 0 Å². The van der Waals surface area contributed by atoms with Gasteiger partial charge in [-0.15, -0.1) is 0 Å². The molecule has 0 aliphatic carbocycles. The maximum absolute atomic E-state index is 10.5. The monoisotopic (exact) mass is 186 g/mol. The van der Waals surface area contributed by atoms with E-state index in [1.165, 1.54) is 0 Å². The van der Waals surface area contributed by atoms with Crippen LogP contribution in [0.4, 0.5) is 0 Å². The van der Waals surface area contributed by atoms with Crippen LogP contribution in [0, 0.1) is 5.41 Å². The van der Waals surface area contributed by atoms with Crippen LogP contribution in [0.25, 0.3) is 0 Å². The minimum Gasteiger partial charge on any atom is -0.389 e. The molecular formula is C10H22N2O. The number of nitrogens with two attached hydrogens (primary N) is 1. The van der Waals surface area contributed by atoms with Crippen molar-refractivity contribution in [2.75, 3.05) is 19.6 Å². The summed E-state index contributed by atoms with van der Waals surface area (Å²) < 4.78 is 0. The van der Waals surface area contributed by atoms with E-state index in [0.717, 1.165) is 32.4 Å². The highest BCUT2D eigenvalue weighted by Gasteiger charge is 2.42. The molecular weight excluding hydrogens is 164 g/mol. The summed E-state index contributed by atoms with van der Waals surface area (Å²) in [6.07, 6.45) is 2.72. The molecule has 3 nitrogen and oxygen atoms in total. The summed E-state index contributed by atoms with van der Waals surface area (Å²) in [4.78, 5) is 0. The Bertz CT molecular complexity index is 160. The Hall–Kier alpha value is -0.120. The van der Waals surface area contributed by atoms with Gasteiger partial charge < -0.3 is 16.2 Å². The summed E-state index contributed by atoms with van der Waals surface area (Å²) in [6, 6.07) is 0. The molecule has 1 atom stereocenters. The smallest absolute Gasteiger partial charge is 0.0723 e. The van der Waals surface area contributed by atoms with Crippen LogP contribution in [0.1, 0.15) is 33.1 Å². The predicted molar refractivity (Wildman–Crippen MR) is 54.5 cm³/mol. The number of hydrogen-bond donors (Lipinski definition) is 3. The average molecular weight is 186 g/mol. The lowest BCUT2D eigenvalue weighted by atomic mass is 9.71.